The quantitative estimate of drug-likeness (QED) is 0.186. The lowest BCUT2D eigenvalue weighted by Crippen LogP contribution is -2.60. The Hall–Kier alpha value is -4.61. The van der Waals surface area contributed by atoms with E-state index in [1.54, 1.807) is 19.1 Å². The number of aryl methyl sites for hydroxylation is 1. The predicted molar refractivity (Wildman–Crippen MR) is 143 cm³/mol. The molecule has 5 rings (SSSR count). The first-order chi connectivity index (χ1) is 20.2. The smallest absolute Gasteiger partial charge is 0.416 e. The largest absolute Gasteiger partial charge is 0.494 e. The van der Waals surface area contributed by atoms with Crippen LogP contribution >= 0.6 is 0 Å². The van der Waals surface area contributed by atoms with E-state index in [4.69, 9.17) is 4.74 Å². The van der Waals surface area contributed by atoms with Crippen LogP contribution in [-0.4, -0.2) is 41.6 Å². The van der Waals surface area contributed by atoms with E-state index < -0.39 is 54.2 Å². The number of amides is 3. The van der Waals surface area contributed by atoms with Crippen LogP contribution in [0.3, 0.4) is 0 Å². The standard InChI is InChI=1S/C31H24F6N2O4/c1-18-7-9-19(10-8-18)24-17-29(31(35,36)37,20-11-13-21(14-12-20)43-16-4-15-30(32,33)34)38-26(40)25(24)39-27(41)22-5-2-3-6-23(22)28(39)42/h2-3,5-14H,4,15-17H2,1H3,(H,38,40). The molecule has 2 heterocycles. The van der Waals surface area contributed by atoms with Gasteiger partial charge in [-0.1, -0.05) is 54.1 Å². The topological polar surface area (TPSA) is 75.7 Å². The Labute approximate surface area is 241 Å². The van der Waals surface area contributed by atoms with E-state index in [9.17, 15) is 27.6 Å². The average Bonchev–Trinajstić information content (AvgIpc) is 3.20. The molecule has 1 N–H and O–H groups in total. The molecule has 1 atom stereocenters. The fourth-order valence-corrected chi connectivity index (χ4v) is 5.21. The number of benzene rings is 3. The van der Waals surface area contributed by atoms with Crippen molar-refractivity contribution >= 4 is 23.3 Å². The van der Waals surface area contributed by atoms with Gasteiger partial charge < -0.3 is 10.1 Å². The van der Waals surface area contributed by atoms with Gasteiger partial charge in [-0.3, -0.25) is 14.4 Å². The number of hydrogen-bond acceptors (Lipinski definition) is 4. The number of hydrogen-bond donors (Lipinski definition) is 1. The summed E-state index contributed by atoms with van der Waals surface area (Å²) in [6, 6.07) is 16.7. The highest BCUT2D eigenvalue weighted by Gasteiger charge is 2.60. The molecule has 3 aromatic rings. The van der Waals surface area contributed by atoms with Gasteiger partial charge in [0.1, 0.15) is 11.4 Å². The molecule has 0 aromatic heterocycles. The molecular weight excluding hydrogens is 578 g/mol. The number of fused-ring (bicyclic) bond motifs is 1. The predicted octanol–water partition coefficient (Wildman–Crippen LogP) is 6.70. The van der Waals surface area contributed by atoms with E-state index in [1.807, 2.05) is 5.32 Å². The first kappa shape index (κ1) is 29.9. The molecule has 0 radical (unpaired) electrons. The number of ether oxygens (including phenoxy) is 1. The Morgan fingerprint density at radius 2 is 1.42 bits per heavy atom. The first-order valence-electron chi connectivity index (χ1n) is 13.2. The highest BCUT2D eigenvalue weighted by atomic mass is 19.4. The fourth-order valence-electron chi connectivity index (χ4n) is 5.21. The minimum atomic E-state index is -5.05. The maximum Gasteiger partial charge on any atom is 0.416 e. The van der Waals surface area contributed by atoms with Crippen molar-refractivity contribution in [1.29, 1.82) is 0 Å². The second-order valence-electron chi connectivity index (χ2n) is 10.3. The minimum Gasteiger partial charge on any atom is -0.494 e. The molecule has 0 spiro atoms. The number of nitrogens with zero attached hydrogens (tertiary/aromatic N) is 1. The van der Waals surface area contributed by atoms with Gasteiger partial charge in [0.05, 0.1) is 17.7 Å². The highest BCUT2D eigenvalue weighted by molar-refractivity contribution is 6.26. The summed E-state index contributed by atoms with van der Waals surface area (Å²) in [5.74, 6) is -2.89. The molecule has 2 aliphatic rings. The molecule has 0 aliphatic carbocycles. The van der Waals surface area contributed by atoms with E-state index in [-0.39, 0.29) is 46.6 Å². The fraction of sp³-hybridized carbons (Fsp3) is 0.258. The van der Waals surface area contributed by atoms with Crippen molar-refractivity contribution in [3.05, 3.63) is 106 Å². The van der Waals surface area contributed by atoms with E-state index in [1.165, 1.54) is 48.5 Å². The zero-order chi connectivity index (χ0) is 31.2. The zero-order valence-corrected chi connectivity index (χ0v) is 22.6. The molecular formula is C31H24F6N2O4. The van der Waals surface area contributed by atoms with E-state index in [0.717, 1.165) is 17.7 Å². The van der Waals surface area contributed by atoms with E-state index >= 15 is 13.2 Å². The number of halogens is 6. The summed E-state index contributed by atoms with van der Waals surface area (Å²) in [5.41, 5.74) is -2.96. The number of alkyl halides is 6. The first-order valence-corrected chi connectivity index (χ1v) is 13.2. The molecule has 3 aromatic carbocycles. The summed E-state index contributed by atoms with van der Waals surface area (Å²) in [5, 5.41) is 2.05. The Morgan fingerprint density at radius 3 is 1.95 bits per heavy atom. The van der Waals surface area contributed by atoms with E-state index in [2.05, 4.69) is 0 Å². The number of imide groups is 1. The van der Waals surface area contributed by atoms with Gasteiger partial charge in [0.2, 0.25) is 0 Å². The monoisotopic (exact) mass is 602 g/mol. The molecule has 6 nitrogen and oxygen atoms in total. The zero-order valence-electron chi connectivity index (χ0n) is 22.6. The maximum atomic E-state index is 15.0. The Morgan fingerprint density at radius 1 is 0.837 bits per heavy atom. The Kier molecular flexibility index (Phi) is 7.57. The third kappa shape index (κ3) is 5.61. The summed E-state index contributed by atoms with van der Waals surface area (Å²) in [4.78, 5) is 40.9. The van der Waals surface area contributed by atoms with Gasteiger partial charge >= 0.3 is 12.4 Å². The molecule has 12 heteroatoms. The Balaban J connectivity index is 1.57. The van der Waals surface area contributed by atoms with Crippen LogP contribution in [0.1, 0.15) is 56.7 Å². The highest BCUT2D eigenvalue weighted by Crippen LogP contribution is 2.49. The van der Waals surface area contributed by atoms with Crippen molar-refractivity contribution in [2.24, 2.45) is 0 Å². The van der Waals surface area contributed by atoms with Crippen molar-refractivity contribution in [1.82, 2.24) is 10.2 Å². The average molecular weight is 603 g/mol. The summed E-state index contributed by atoms with van der Waals surface area (Å²) >= 11 is 0. The van der Waals surface area contributed by atoms with Crippen LogP contribution in [0.2, 0.25) is 0 Å². The van der Waals surface area contributed by atoms with Gasteiger partial charge in [0.25, 0.3) is 17.7 Å². The van der Waals surface area contributed by atoms with Gasteiger partial charge in [0, 0.05) is 12.8 Å². The van der Waals surface area contributed by atoms with Crippen LogP contribution in [0.25, 0.3) is 5.57 Å². The number of rotatable bonds is 7. The Bertz CT molecular complexity index is 1580. The third-order valence-corrected chi connectivity index (χ3v) is 7.39. The van der Waals surface area contributed by atoms with Gasteiger partial charge in [-0.25, -0.2) is 4.90 Å². The summed E-state index contributed by atoms with van der Waals surface area (Å²) in [7, 11) is 0. The maximum absolute atomic E-state index is 15.0. The van der Waals surface area contributed by atoms with Crippen LogP contribution < -0.4 is 10.1 Å². The molecule has 0 fully saturated rings. The van der Waals surface area contributed by atoms with Crippen LogP contribution in [-0.2, 0) is 10.3 Å². The molecule has 2 aliphatic heterocycles. The van der Waals surface area contributed by atoms with Gasteiger partial charge in [0.15, 0.2) is 5.54 Å². The SMILES string of the molecule is Cc1ccc(C2=C(N3C(=O)c4ccccc4C3=O)C(=O)NC(c3ccc(OCCCC(F)(F)F)cc3)(C(F)(F)F)C2)cc1. The number of carbonyl (C=O) groups is 3. The summed E-state index contributed by atoms with van der Waals surface area (Å²) in [6.45, 7) is 1.47. The second-order valence-corrected chi connectivity index (χ2v) is 10.3. The minimum absolute atomic E-state index is 0.0227. The van der Waals surface area contributed by atoms with Crippen LogP contribution in [0, 0.1) is 6.92 Å². The van der Waals surface area contributed by atoms with Crippen molar-refractivity contribution in [2.45, 2.75) is 44.1 Å². The molecule has 43 heavy (non-hydrogen) atoms. The molecule has 0 saturated carbocycles. The van der Waals surface area contributed by atoms with Crippen molar-refractivity contribution < 1.29 is 45.5 Å². The van der Waals surface area contributed by atoms with Gasteiger partial charge in [-0.05, 0) is 54.3 Å². The summed E-state index contributed by atoms with van der Waals surface area (Å²) < 4.78 is 87.5. The second kappa shape index (κ2) is 10.9. The molecule has 0 saturated heterocycles. The molecule has 224 valence electrons. The lowest BCUT2D eigenvalue weighted by Gasteiger charge is -2.42. The van der Waals surface area contributed by atoms with Crippen LogP contribution in [0.4, 0.5) is 26.3 Å². The molecule has 1 unspecified atom stereocenters. The van der Waals surface area contributed by atoms with E-state index in [0.29, 0.717) is 4.90 Å². The van der Waals surface area contributed by atoms with Crippen molar-refractivity contribution in [3.8, 4) is 5.75 Å². The van der Waals surface area contributed by atoms with Gasteiger partial charge in [-0.2, -0.15) is 26.3 Å². The molecule has 3 amide bonds. The third-order valence-electron chi connectivity index (χ3n) is 7.39. The number of carbonyl (C=O) groups excluding carboxylic acids is 3. The van der Waals surface area contributed by atoms with Crippen molar-refractivity contribution in [2.75, 3.05) is 6.61 Å². The van der Waals surface area contributed by atoms with Crippen LogP contribution in [0.15, 0.2) is 78.5 Å². The lowest BCUT2D eigenvalue weighted by atomic mass is 9.77. The van der Waals surface area contributed by atoms with Crippen LogP contribution in [0.5, 0.6) is 5.75 Å². The lowest BCUT2D eigenvalue weighted by molar-refractivity contribution is -0.202. The van der Waals surface area contributed by atoms with Gasteiger partial charge in [-0.15, -0.1) is 0 Å². The summed E-state index contributed by atoms with van der Waals surface area (Å²) in [6.07, 6.45) is -11.7. The normalized spacial score (nSPS) is 19.0. The van der Waals surface area contributed by atoms with Crippen molar-refractivity contribution in [3.63, 3.8) is 0 Å². The number of nitrogens with one attached hydrogen (secondary N) is 1. The molecule has 0 bridgehead atoms.